The van der Waals surface area contributed by atoms with Gasteiger partial charge in [-0.2, -0.15) is 0 Å². The molecule has 0 saturated carbocycles. The Bertz CT molecular complexity index is 399. The number of rotatable bonds is 5. The van der Waals surface area contributed by atoms with Crippen molar-refractivity contribution in [3.05, 3.63) is 11.8 Å². The van der Waals surface area contributed by atoms with Crippen LogP contribution < -0.4 is 0 Å². The largest absolute Gasteiger partial charge is 0.489 e. The minimum atomic E-state index is -0.832. The fraction of sp³-hybridized carbons (Fsp3) is 0.875. The zero-order chi connectivity index (χ0) is 15.8. The van der Waals surface area contributed by atoms with E-state index in [0.717, 1.165) is 0 Å². The van der Waals surface area contributed by atoms with Crippen LogP contribution >= 0.6 is 0 Å². The second-order valence-corrected chi connectivity index (χ2v) is 7.34. The Morgan fingerprint density at radius 2 is 2.10 bits per heavy atom. The summed E-state index contributed by atoms with van der Waals surface area (Å²) in [5.41, 5.74) is -0.832. The fourth-order valence-electron chi connectivity index (χ4n) is 3.17. The van der Waals surface area contributed by atoms with E-state index in [1.165, 1.54) is 0 Å². The zero-order valence-corrected chi connectivity index (χ0v) is 13.6. The van der Waals surface area contributed by atoms with Crippen molar-refractivity contribution in [2.75, 3.05) is 6.61 Å². The second-order valence-electron chi connectivity index (χ2n) is 7.34. The zero-order valence-electron chi connectivity index (χ0n) is 13.6. The van der Waals surface area contributed by atoms with Crippen molar-refractivity contribution >= 4 is 0 Å². The number of aliphatic hydroxyl groups is 2. The van der Waals surface area contributed by atoms with E-state index in [4.69, 9.17) is 14.2 Å². The number of ether oxygens (including phenoxy) is 3. The van der Waals surface area contributed by atoms with Gasteiger partial charge in [0, 0.05) is 6.42 Å². The third kappa shape index (κ3) is 4.42. The van der Waals surface area contributed by atoms with Gasteiger partial charge in [-0.3, -0.25) is 0 Å². The maximum Gasteiger partial charge on any atom is 0.163 e. The Balaban J connectivity index is 1.93. The molecule has 2 N–H and O–H groups in total. The molecule has 0 bridgehead atoms. The van der Waals surface area contributed by atoms with Crippen molar-refractivity contribution in [1.29, 1.82) is 0 Å². The molecule has 0 aromatic carbocycles. The molecule has 1 saturated heterocycles. The van der Waals surface area contributed by atoms with Gasteiger partial charge in [0.1, 0.15) is 12.2 Å². The van der Waals surface area contributed by atoms with Crippen LogP contribution in [0, 0.1) is 5.92 Å². The van der Waals surface area contributed by atoms with E-state index in [1.54, 1.807) is 13.0 Å². The third-order valence-electron chi connectivity index (χ3n) is 3.78. The van der Waals surface area contributed by atoms with Gasteiger partial charge in [-0.15, -0.1) is 0 Å². The van der Waals surface area contributed by atoms with Gasteiger partial charge in [0.15, 0.2) is 11.9 Å². The number of hydrogen-bond acceptors (Lipinski definition) is 5. The van der Waals surface area contributed by atoms with Crippen LogP contribution in [0.5, 0.6) is 0 Å². The molecule has 5 nitrogen and oxygen atoms in total. The minimum absolute atomic E-state index is 0.293. The smallest absolute Gasteiger partial charge is 0.163 e. The van der Waals surface area contributed by atoms with Crippen LogP contribution in [0.25, 0.3) is 0 Å². The first-order valence-corrected chi connectivity index (χ1v) is 7.67. The molecule has 0 amide bonds. The van der Waals surface area contributed by atoms with Crippen molar-refractivity contribution in [2.24, 2.45) is 5.92 Å². The monoisotopic (exact) mass is 300 g/mol. The van der Waals surface area contributed by atoms with E-state index >= 15 is 0 Å². The van der Waals surface area contributed by atoms with Crippen molar-refractivity contribution < 1.29 is 24.4 Å². The molecule has 4 atom stereocenters. The van der Waals surface area contributed by atoms with Crippen LogP contribution in [-0.4, -0.2) is 46.5 Å². The van der Waals surface area contributed by atoms with Crippen molar-refractivity contribution in [3.63, 3.8) is 0 Å². The van der Waals surface area contributed by atoms with Gasteiger partial charge in [0.2, 0.25) is 0 Å². The molecule has 0 aromatic heterocycles. The lowest BCUT2D eigenvalue weighted by atomic mass is 9.90. The fourth-order valence-corrected chi connectivity index (χ4v) is 3.17. The molecule has 21 heavy (non-hydrogen) atoms. The molecular weight excluding hydrogens is 272 g/mol. The quantitative estimate of drug-likeness (QED) is 0.812. The summed E-state index contributed by atoms with van der Waals surface area (Å²) in [7, 11) is 0. The predicted molar refractivity (Wildman–Crippen MR) is 78.6 cm³/mol. The number of aliphatic hydroxyl groups excluding tert-OH is 1. The SMILES string of the molecule is CC(C)CC(C)(O)CC1=C[C@@H](O)[C@@H]([C@H]2COC(C)(C)O2)O1. The normalized spacial score (nSPS) is 34.7. The lowest BCUT2D eigenvalue weighted by Crippen LogP contribution is -2.38. The molecule has 2 aliphatic heterocycles. The highest BCUT2D eigenvalue weighted by Crippen LogP contribution is 2.34. The Hall–Kier alpha value is -0.620. The Morgan fingerprint density at radius 3 is 2.62 bits per heavy atom. The first-order chi connectivity index (χ1) is 9.58. The highest BCUT2D eigenvalue weighted by atomic mass is 16.8. The molecule has 1 unspecified atom stereocenters. The topological polar surface area (TPSA) is 68.2 Å². The van der Waals surface area contributed by atoms with Gasteiger partial charge < -0.3 is 24.4 Å². The van der Waals surface area contributed by atoms with E-state index in [1.807, 2.05) is 13.8 Å². The summed E-state index contributed by atoms with van der Waals surface area (Å²) >= 11 is 0. The Morgan fingerprint density at radius 1 is 1.43 bits per heavy atom. The molecule has 0 radical (unpaired) electrons. The first-order valence-electron chi connectivity index (χ1n) is 7.67. The van der Waals surface area contributed by atoms with Gasteiger partial charge in [-0.1, -0.05) is 13.8 Å². The highest BCUT2D eigenvalue weighted by Gasteiger charge is 2.44. The van der Waals surface area contributed by atoms with E-state index in [9.17, 15) is 10.2 Å². The molecule has 5 heteroatoms. The third-order valence-corrected chi connectivity index (χ3v) is 3.78. The summed E-state index contributed by atoms with van der Waals surface area (Å²) in [6.07, 6.45) is 1.28. The summed E-state index contributed by atoms with van der Waals surface area (Å²) in [6.45, 7) is 10.0. The first kappa shape index (κ1) is 16.7. The van der Waals surface area contributed by atoms with Gasteiger partial charge in [0.05, 0.1) is 18.0 Å². The van der Waals surface area contributed by atoms with Gasteiger partial charge in [-0.25, -0.2) is 0 Å². The summed E-state index contributed by atoms with van der Waals surface area (Å²) in [5, 5.41) is 20.6. The molecule has 0 spiro atoms. The van der Waals surface area contributed by atoms with Gasteiger partial charge in [0.25, 0.3) is 0 Å². The Labute approximate surface area is 126 Å². The van der Waals surface area contributed by atoms with Crippen LogP contribution in [0.3, 0.4) is 0 Å². The van der Waals surface area contributed by atoms with E-state index in [-0.39, 0.29) is 6.10 Å². The summed E-state index contributed by atoms with van der Waals surface area (Å²) in [4.78, 5) is 0. The van der Waals surface area contributed by atoms with Crippen molar-refractivity contribution in [2.45, 2.75) is 77.2 Å². The van der Waals surface area contributed by atoms with E-state index in [0.29, 0.717) is 31.1 Å². The van der Waals surface area contributed by atoms with E-state index < -0.39 is 23.6 Å². The van der Waals surface area contributed by atoms with Crippen molar-refractivity contribution in [1.82, 2.24) is 0 Å². The molecular formula is C16H28O5. The summed E-state index contributed by atoms with van der Waals surface area (Å²) in [6, 6.07) is 0. The lowest BCUT2D eigenvalue weighted by molar-refractivity contribution is -0.157. The van der Waals surface area contributed by atoms with Crippen LogP contribution in [0.4, 0.5) is 0 Å². The molecule has 1 fully saturated rings. The van der Waals surface area contributed by atoms with Gasteiger partial charge >= 0.3 is 0 Å². The maximum atomic E-state index is 10.4. The predicted octanol–water partition coefficient (Wildman–Crippen LogP) is 1.97. The number of hydrogen-bond donors (Lipinski definition) is 2. The molecule has 122 valence electrons. The standard InChI is InChI=1S/C16H28O5/c1-10(2)7-16(5,18)8-11-6-12(17)14(20-11)13-9-19-15(3,4)21-13/h6,10,12-14,17-18H,7-9H2,1-5H3/t12-,13-,14+,16?/m1/s1. The molecule has 2 rings (SSSR count). The van der Waals surface area contributed by atoms with Gasteiger partial charge in [-0.05, 0) is 39.2 Å². The second kappa shape index (κ2) is 5.88. The Kier molecular flexibility index (Phi) is 4.69. The molecule has 2 heterocycles. The lowest BCUT2D eigenvalue weighted by Gasteiger charge is -2.27. The average Bonchev–Trinajstić information content (AvgIpc) is 2.79. The van der Waals surface area contributed by atoms with Crippen LogP contribution in [0.15, 0.2) is 11.8 Å². The van der Waals surface area contributed by atoms with Crippen molar-refractivity contribution in [3.8, 4) is 0 Å². The molecule has 0 aliphatic carbocycles. The average molecular weight is 300 g/mol. The summed E-state index contributed by atoms with van der Waals surface area (Å²) < 4.78 is 17.1. The van der Waals surface area contributed by atoms with E-state index in [2.05, 4.69) is 13.8 Å². The molecule has 2 aliphatic rings. The van der Waals surface area contributed by atoms with Crippen LogP contribution in [0.2, 0.25) is 0 Å². The molecule has 0 aromatic rings. The maximum absolute atomic E-state index is 10.4. The minimum Gasteiger partial charge on any atom is -0.489 e. The van der Waals surface area contributed by atoms with Crippen LogP contribution in [0.1, 0.15) is 47.5 Å². The van der Waals surface area contributed by atoms with Crippen LogP contribution in [-0.2, 0) is 14.2 Å². The summed E-state index contributed by atoms with van der Waals surface area (Å²) in [5.74, 6) is 0.390. The highest BCUT2D eigenvalue weighted by molar-refractivity contribution is 5.12.